The van der Waals surface area contributed by atoms with Crippen LogP contribution in [-0.4, -0.2) is 27.0 Å². The van der Waals surface area contributed by atoms with Crippen molar-refractivity contribution in [1.29, 1.82) is 0 Å². The molecule has 1 atom stereocenters. The van der Waals surface area contributed by atoms with Crippen LogP contribution in [0, 0.1) is 0 Å². The number of benzene rings is 1. The quantitative estimate of drug-likeness (QED) is 0.407. The monoisotopic (exact) mass is 403 g/mol. The van der Waals surface area contributed by atoms with Crippen molar-refractivity contribution in [1.82, 2.24) is 10.2 Å². The molecule has 0 bridgehead atoms. The fraction of sp³-hybridized carbons (Fsp3) is 0.0588. The van der Waals surface area contributed by atoms with Gasteiger partial charge in [-0.3, -0.25) is 14.5 Å². The van der Waals surface area contributed by atoms with E-state index in [1.807, 2.05) is 17.5 Å². The molecule has 2 aromatic heterocycles. The number of thiophene rings is 1. The van der Waals surface area contributed by atoms with Crippen molar-refractivity contribution in [3.05, 3.63) is 68.3 Å². The average molecular weight is 404 g/mol. The van der Waals surface area contributed by atoms with Crippen molar-refractivity contribution >= 4 is 56.9 Å². The van der Waals surface area contributed by atoms with Crippen molar-refractivity contribution in [2.24, 2.45) is 0 Å². The normalized spacial score (nSPS) is 19.3. The van der Waals surface area contributed by atoms with Crippen LogP contribution in [0.25, 0.3) is 5.76 Å². The molecule has 6 nitrogen and oxygen atoms in total. The molecule has 1 amide bonds. The molecule has 1 fully saturated rings. The lowest BCUT2D eigenvalue weighted by Crippen LogP contribution is -2.29. The van der Waals surface area contributed by atoms with Crippen LogP contribution in [-0.2, 0) is 9.59 Å². The number of Topliss-reactive ketones (excluding diaryl/α,β-unsaturated/α-hetero) is 1. The molecule has 130 valence electrons. The summed E-state index contributed by atoms with van der Waals surface area (Å²) in [6.45, 7) is 0. The number of hydrogen-bond acceptors (Lipinski definition) is 7. The summed E-state index contributed by atoms with van der Waals surface area (Å²) in [6.07, 6.45) is 0. The third kappa shape index (κ3) is 2.72. The van der Waals surface area contributed by atoms with Gasteiger partial charge < -0.3 is 5.11 Å². The van der Waals surface area contributed by atoms with E-state index < -0.39 is 17.7 Å². The van der Waals surface area contributed by atoms with E-state index in [2.05, 4.69) is 10.2 Å². The van der Waals surface area contributed by atoms with E-state index in [4.69, 9.17) is 11.6 Å². The molecule has 9 heteroatoms. The number of nitrogens with zero attached hydrogens (tertiary/aromatic N) is 3. The number of halogens is 1. The second-order valence-electron chi connectivity index (χ2n) is 5.41. The van der Waals surface area contributed by atoms with Gasteiger partial charge in [-0.2, -0.15) is 0 Å². The molecule has 1 aromatic carbocycles. The van der Waals surface area contributed by atoms with Crippen molar-refractivity contribution in [2.45, 2.75) is 6.04 Å². The van der Waals surface area contributed by atoms with Crippen LogP contribution in [0.4, 0.5) is 5.13 Å². The molecule has 4 rings (SSSR count). The highest BCUT2D eigenvalue weighted by Gasteiger charge is 2.48. The molecule has 0 aliphatic carbocycles. The summed E-state index contributed by atoms with van der Waals surface area (Å²) in [6, 6.07) is 9.30. The van der Waals surface area contributed by atoms with E-state index in [1.165, 1.54) is 21.7 Å². The first-order valence-electron chi connectivity index (χ1n) is 7.44. The Hall–Kier alpha value is -2.55. The van der Waals surface area contributed by atoms with Gasteiger partial charge in [-0.25, -0.2) is 0 Å². The maximum Gasteiger partial charge on any atom is 0.301 e. The van der Waals surface area contributed by atoms with Gasteiger partial charge >= 0.3 is 5.91 Å². The molecule has 0 radical (unpaired) electrons. The van der Waals surface area contributed by atoms with Crippen LogP contribution >= 0.6 is 34.3 Å². The lowest BCUT2D eigenvalue weighted by Gasteiger charge is -2.20. The highest BCUT2D eigenvalue weighted by molar-refractivity contribution is 7.13. The molecule has 1 unspecified atom stereocenters. The first-order chi connectivity index (χ1) is 12.6. The summed E-state index contributed by atoms with van der Waals surface area (Å²) in [5, 5.41) is 21.1. The zero-order chi connectivity index (χ0) is 18.3. The van der Waals surface area contributed by atoms with Gasteiger partial charge in [0, 0.05) is 15.5 Å². The van der Waals surface area contributed by atoms with Gasteiger partial charge in [0.15, 0.2) is 0 Å². The largest absolute Gasteiger partial charge is 0.507 e. The average Bonchev–Trinajstić information content (AvgIpc) is 3.37. The van der Waals surface area contributed by atoms with Crippen LogP contribution in [0.15, 0.2) is 52.9 Å². The summed E-state index contributed by atoms with van der Waals surface area (Å²) in [5.74, 6) is -1.74. The lowest BCUT2D eigenvalue weighted by molar-refractivity contribution is -0.132. The van der Waals surface area contributed by atoms with Gasteiger partial charge in [0.2, 0.25) is 5.13 Å². The number of carbonyl (C=O) groups is 2. The molecule has 1 N–H and O–H groups in total. The highest BCUT2D eigenvalue weighted by Crippen LogP contribution is 2.43. The maximum absolute atomic E-state index is 12.7. The van der Waals surface area contributed by atoms with Crippen molar-refractivity contribution in [3.8, 4) is 0 Å². The summed E-state index contributed by atoms with van der Waals surface area (Å²) in [7, 11) is 0. The summed E-state index contributed by atoms with van der Waals surface area (Å²) in [5.41, 5.74) is 1.92. The Morgan fingerprint density at radius 1 is 1.15 bits per heavy atom. The second kappa shape index (κ2) is 6.64. The van der Waals surface area contributed by atoms with Gasteiger partial charge in [-0.1, -0.05) is 29.0 Å². The van der Waals surface area contributed by atoms with Crippen molar-refractivity contribution in [3.63, 3.8) is 0 Å². The van der Waals surface area contributed by atoms with Crippen LogP contribution in [0.3, 0.4) is 0 Å². The first kappa shape index (κ1) is 16.9. The maximum atomic E-state index is 12.7. The molecule has 0 saturated carbocycles. The molecular weight excluding hydrogens is 394 g/mol. The van der Waals surface area contributed by atoms with Crippen molar-refractivity contribution < 1.29 is 14.7 Å². The van der Waals surface area contributed by atoms with Gasteiger partial charge in [0.1, 0.15) is 17.3 Å². The third-order valence-corrected chi connectivity index (χ3v) is 5.79. The van der Waals surface area contributed by atoms with E-state index >= 15 is 0 Å². The highest BCUT2D eigenvalue weighted by atomic mass is 35.5. The summed E-state index contributed by atoms with van der Waals surface area (Å²) >= 11 is 8.43. The fourth-order valence-electron chi connectivity index (χ4n) is 2.78. The molecule has 26 heavy (non-hydrogen) atoms. The topological polar surface area (TPSA) is 83.4 Å². The Morgan fingerprint density at radius 2 is 1.92 bits per heavy atom. The number of aliphatic hydroxyl groups is 1. The van der Waals surface area contributed by atoms with Gasteiger partial charge in [-0.15, -0.1) is 21.5 Å². The first-order valence-corrected chi connectivity index (χ1v) is 9.58. The van der Waals surface area contributed by atoms with E-state index in [-0.39, 0.29) is 11.3 Å². The zero-order valence-corrected chi connectivity index (χ0v) is 15.4. The number of aromatic nitrogens is 2. The van der Waals surface area contributed by atoms with Gasteiger partial charge in [0.25, 0.3) is 5.78 Å². The summed E-state index contributed by atoms with van der Waals surface area (Å²) < 4.78 is 0. The van der Waals surface area contributed by atoms with Crippen LogP contribution in [0.1, 0.15) is 16.5 Å². The smallest absolute Gasteiger partial charge is 0.301 e. The van der Waals surface area contributed by atoms with Crippen molar-refractivity contribution in [2.75, 3.05) is 4.90 Å². The molecule has 3 heterocycles. The van der Waals surface area contributed by atoms with Gasteiger partial charge in [0.05, 0.1) is 5.57 Å². The van der Waals surface area contributed by atoms with E-state index in [1.54, 1.807) is 24.3 Å². The minimum atomic E-state index is -0.758. The SMILES string of the molecule is O=C1C(=O)N(c2nncs2)C(c2cccs2)/C1=C(\O)c1ccc(Cl)cc1. The molecule has 1 aliphatic heterocycles. The Kier molecular flexibility index (Phi) is 4.31. The number of amides is 1. The molecular formula is C17H10ClN3O3S2. The number of hydrogen-bond donors (Lipinski definition) is 1. The Morgan fingerprint density at radius 3 is 2.54 bits per heavy atom. The summed E-state index contributed by atoms with van der Waals surface area (Å²) in [4.78, 5) is 27.4. The van der Waals surface area contributed by atoms with E-state index in [0.717, 1.165) is 16.2 Å². The number of aliphatic hydroxyl groups excluding tert-OH is 1. The Bertz CT molecular complexity index is 999. The predicted molar refractivity (Wildman–Crippen MR) is 100 cm³/mol. The molecule has 1 aliphatic rings. The van der Waals surface area contributed by atoms with E-state index in [9.17, 15) is 14.7 Å². The molecule has 1 saturated heterocycles. The minimum absolute atomic E-state index is 0.0231. The standard InChI is InChI=1S/C17H10ClN3O3S2/c18-10-5-3-9(4-6-10)14(22)12-13(11-2-1-7-25-11)21(16(24)15(12)23)17-20-19-8-26-17/h1-8,13,22H/b14-12+. The van der Waals surface area contributed by atoms with Crippen LogP contribution in [0.2, 0.25) is 5.02 Å². The van der Waals surface area contributed by atoms with E-state index in [0.29, 0.717) is 15.7 Å². The lowest BCUT2D eigenvalue weighted by atomic mass is 10.00. The molecule has 3 aromatic rings. The molecule has 0 spiro atoms. The zero-order valence-electron chi connectivity index (χ0n) is 13.0. The van der Waals surface area contributed by atoms with Crippen LogP contribution < -0.4 is 4.90 Å². The minimum Gasteiger partial charge on any atom is -0.507 e. The number of ketones is 1. The predicted octanol–water partition coefficient (Wildman–Crippen LogP) is 3.88. The third-order valence-electron chi connectivity index (χ3n) is 3.93. The Balaban J connectivity index is 1.92. The number of anilines is 1. The van der Waals surface area contributed by atoms with Crippen LogP contribution in [0.5, 0.6) is 0 Å². The number of rotatable bonds is 3. The Labute approximate surface area is 161 Å². The van der Waals surface area contributed by atoms with Gasteiger partial charge in [-0.05, 0) is 35.7 Å². The second-order valence-corrected chi connectivity index (χ2v) is 7.64. The fourth-order valence-corrected chi connectivity index (χ4v) is 4.32. The number of carbonyl (C=O) groups excluding carboxylic acids is 2.